The average Bonchev–Trinajstić information content (AvgIpc) is 2.74. The highest BCUT2D eigenvalue weighted by Crippen LogP contribution is 2.38. The van der Waals surface area contributed by atoms with Gasteiger partial charge in [-0.2, -0.15) is 0 Å². The van der Waals surface area contributed by atoms with Gasteiger partial charge in [0.15, 0.2) is 11.6 Å². The first-order valence-corrected chi connectivity index (χ1v) is 12.3. The second kappa shape index (κ2) is 9.37. The molecule has 0 N–H and O–H groups in total. The molecule has 2 saturated carbocycles. The molecule has 2 aromatic carbocycles. The highest BCUT2D eigenvalue weighted by Gasteiger charge is 2.25. The van der Waals surface area contributed by atoms with Crippen LogP contribution in [0.4, 0.5) is 8.78 Å². The maximum absolute atomic E-state index is 14.6. The zero-order valence-corrected chi connectivity index (χ0v) is 19.1. The van der Waals surface area contributed by atoms with Gasteiger partial charge in [0.2, 0.25) is 0 Å². The zero-order valence-electron chi connectivity index (χ0n) is 19.1. The molecule has 2 heteroatoms. The molecule has 0 amide bonds. The van der Waals surface area contributed by atoms with Crippen LogP contribution < -0.4 is 0 Å². The molecule has 0 heterocycles. The molecular formula is C28H38F2. The van der Waals surface area contributed by atoms with Crippen molar-refractivity contribution in [3.05, 3.63) is 46.5 Å². The topological polar surface area (TPSA) is 0 Å². The molecule has 30 heavy (non-hydrogen) atoms. The third-order valence-corrected chi connectivity index (χ3v) is 8.33. The Balaban J connectivity index is 1.33. The minimum atomic E-state index is -0.698. The van der Waals surface area contributed by atoms with E-state index in [2.05, 4.69) is 13.0 Å². The number of hydrogen-bond acceptors (Lipinski definition) is 0. The van der Waals surface area contributed by atoms with Gasteiger partial charge in [0, 0.05) is 5.39 Å². The van der Waals surface area contributed by atoms with Crippen molar-refractivity contribution in [2.75, 3.05) is 0 Å². The second-order valence-corrected chi connectivity index (χ2v) is 10.6. The van der Waals surface area contributed by atoms with E-state index >= 15 is 0 Å². The van der Waals surface area contributed by atoms with Gasteiger partial charge in [-0.15, -0.1) is 0 Å². The smallest absolute Gasteiger partial charge is 0.167 e. The van der Waals surface area contributed by atoms with Crippen LogP contribution >= 0.6 is 0 Å². The maximum atomic E-state index is 14.6. The van der Waals surface area contributed by atoms with Gasteiger partial charge in [0.05, 0.1) is 0 Å². The summed E-state index contributed by atoms with van der Waals surface area (Å²) in [5.41, 5.74) is 2.51. The van der Waals surface area contributed by atoms with E-state index < -0.39 is 11.6 Å². The lowest BCUT2D eigenvalue weighted by atomic mass is 9.74. The Bertz CT molecular complexity index is 868. The lowest BCUT2D eigenvalue weighted by molar-refractivity contribution is 0.221. The summed E-state index contributed by atoms with van der Waals surface area (Å²) in [7, 11) is 0. The summed E-state index contributed by atoms with van der Waals surface area (Å²) in [6, 6.07) is 5.89. The molecule has 0 unspecified atom stereocenters. The summed E-state index contributed by atoms with van der Waals surface area (Å²) >= 11 is 0. The van der Waals surface area contributed by atoms with E-state index in [-0.39, 0.29) is 0 Å². The van der Waals surface area contributed by atoms with Gasteiger partial charge in [-0.25, -0.2) is 8.78 Å². The molecule has 0 aliphatic heterocycles. The highest BCUT2D eigenvalue weighted by atomic mass is 19.2. The summed E-state index contributed by atoms with van der Waals surface area (Å²) in [5, 5.41) is 1.29. The highest BCUT2D eigenvalue weighted by molar-refractivity contribution is 5.88. The summed E-state index contributed by atoms with van der Waals surface area (Å²) in [5.74, 6) is 2.15. The fourth-order valence-electron chi connectivity index (χ4n) is 6.11. The van der Waals surface area contributed by atoms with Crippen molar-refractivity contribution in [2.45, 2.75) is 91.4 Å². The average molecular weight is 413 g/mol. The molecule has 0 radical (unpaired) electrons. The Morgan fingerprint density at radius 2 is 1.33 bits per heavy atom. The van der Waals surface area contributed by atoms with Crippen molar-refractivity contribution < 1.29 is 8.78 Å². The maximum Gasteiger partial charge on any atom is 0.167 e. The molecule has 4 rings (SSSR count). The van der Waals surface area contributed by atoms with Gasteiger partial charge in [0.1, 0.15) is 0 Å². The normalized spacial score (nSPS) is 27.5. The summed E-state index contributed by atoms with van der Waals surface area (Å²) in [4.78, 5) is 0. The third-order valence-electron chi connectivity index (χ3n) is 8.33. The Morgan fingerprint density at radius 3 is 1.97 bits per heavy atom. The molecular weight excluding hydrogens is 374 g/mol. The van der Waals surface area contributed by atoms with E-state index in [1.54, 1.807) is 13.0 Å². The standard InChI is InChI=1S/C28H38F2/c1-18-4-6-21(7-5-18)8-9-22-10-12-23(13-11-22)17-24-14-15-25-16-19(2)27(29)28(30)26(25)20(24)3/h14-16,18,21-23H,4-13,17H2,1-3H3. The molecule has 2 aliphatic carbocycles. The second-order valence-electron chi connectivity index (χ2n) is 10.6. The van der Waals surface area contributed by atoms with Crippen LogP contribution in [-0.2, 0) is 6.42 Å². The number of rotatable bonds is 5. The molecule has 2 fully saturated rings. The van der Waals surface area contributed by atoms with Crippen LogP contribution in [0.3, 0.4) is 0 Å². The Kier molecular flexibility index (Phi) is 6.80. The lowest BCUT2D eigenvalue weighted by Crippen LogP contribution is -2.19. The van der Waals surface area contributed by atoms with Crippen molar-refractivity contribution in [3.63, 3.8) is 0 Å². The summed E-state index contributed by atoms with van der Waals surface area (Å²) in [6.07, 6.45) is 14.9. The first kappa shape index (κ1) is 21.8. The predicted molar refractivity (Wildman–Crippen MR) is 123 cm³/mol. The van der Waals surface area contributed by atoms with Crippen molar-refractivity contribution in [1.29, 1.82) is 0 Å². The van der Waals surface area contributed by atoms with Gasteiger partial charge < -0.3 is 0 Å². The Hall–Kier alpha value is -1.44. The predicted octanol–water partition coefficient (Wildman–Crippen LogP) is 8.69. The molecule has 0 nitrogen and oxygen atoms in total. The van der Waals surface area contributed by atoms with E-state index in [1.165, 1.54) is 69.8 Å². The molecule has 0 saturated heterocycles. The zero-order chi connectivity index (χ0) is 21.3. The van der Waals surface area contributed by atoms with Crippen LogP contribution in [-0.4, -0.2) is 0 Å². The number of halogens is 2. The number of benzene rings is 2. The SMILES string of the molecule is Cc1cc2ccc(CC3CCC(CCC4CCC(C)CC4)CC3)c(C)c2c(F)c1F. The van der Waals surface area contributed by atoms with Crippen LogP contribution in [0.5, 0.6) is 0 Å². The van der Waals surface area contributed by atoms with Gasteiger partial charge in [-0.05, 0) is 84.9 Å². The first-order chi connectivity index (χ1) is 14.4. The van der Waals surface area contributed by atoms with Crippen LogP contribution in [0.2, 0.25) is 0 Å². The molecule has 0 atom stereocenters. The summed E-state index contributed by atoms with van der Waals surface area (Å²) < 4.78 is 28.7. The molecule has 0 bridgehead atoms. The van der Waals surface area contributed by atoms with Crippen molar-refractivity contribution >= 4 is 10.8 Å². The fourth-order valence-corrected chi connectivity index (χ4v) is 6.11. The number of fused-ring (bicyclic) bond motifs is 1. The van der Waals surface area contributed by atoms with E-state index in [4.69, 9.17) is 0 Å². The van der Waals surface area contributed by atoms with Crippen LogP contribution in [0.1, 0.15) is 87.8 Å². The monoisotopic (exact) mass is 412 g/mol. The third kappa shape index (κ3) is 4.73. The van der Waals surface area contributed by atoms with Crippen LogP contribution in [0, 0.1) is 49.2 Å². The van der Waals surface area contributed by atoms with Crippen molar-refractivity contribution in [3.8, 4) is 0 Å². The van der Waals surface area contributed by atoms with Gasteiger partial charge in [-0.1, -0.05) is 70.4 Å². The molecule has 164 valence electrons. The van der Waals surface area contributed by atoms with Crippen molar-refractivity contribution in [1.82, 2.24) is 0 Å². The minimum absolute atomic E-state index is 0.383. The Labute approximate surface area is 181 Å². The van der Waals surface area contributed by atoms with Gasteiger partial charge in [0.25, 0.3) is 0 Å². The number of hydrogen-bond donors (Lipinski definition) is 0. The fraction of sp³-hybridized carbons (Fsp3) is 0.643. The van der Waals surface area contributed by atoms with Gasteiger partial charge >= 0.3 is 0 Å². The van der Waals surface area contributed by atoms with E-state index in [1.807, 2.05) is 13.0 Å². The molecule has 2 aliphatic rings. The van der Waals surface area contributed by atoms with Crippen molar-refractivity contribution in [2.24, 2.45) is 23.7 Å². The van der Waals surface area contributed by atoms with Crippen LogP contribution in [0.15, 0.2) is 18.2 Å². The minimum Gasteiger partial charge on any atom is -0.203 e. The van der Waals surface area contributed by atoms with Crippen LogP contribution in [0.25, 0.3) is 10.8 Å². The summed E-state index contributed by atoms with van der Waals surface area (Å²) in [6.45, 7) is 6.00. The number of aryl methyl sites for hydroxylation is 2. The van der Waals surface area contributed by atoms with E-state index in [0.29, 0.717) is 16.9 Å². The Morgan fingerprint density at radius 1 is 0.767 bits per heavy atom. The molecule has 0 aromatic heterocycles. The lowest BCUT2D eigenvalue weighted by Gasteiger charge is -2.31. The van der Waals surface area contributed by atoms with Gasteiger partial charge in [-0.3, -0.25) is 0 Å². The van der Waals surface area contributed by atoms with E-state index in [0.717, 1.165) is 35.1 Å². The largest absolute Gasteiger partial charge is 0.203 e. The van der Waals surface area contributed by atoms with E-state index in [9.17, 15) is 8.78 Å². The quantitative estimate of drug-likeness (QED) is 0.461. The molecule has 0 spiro atoms. The molecule has 2 aromatic rings. The first-order valence-electron chi connectivity index (χ1n) is 12.3.